The van der Waals surface area contributed by atoms with E-state index in [0.29, 0.717) is 10.6 Å². The zero-order valence-electron chi connectivity index (χ0n) is 6.27. The van der Waals surface area contributed by atoms with Gasteiger partial charge >= 0.3 is 0 Å². The van der Waals surface area contributed by atoms with Crippen molar-refractivity contribution >= 4 is 27.5 Å². The topological polar surface area (TPSA) is 20.2 Å². The van der Waals surface area contributed by atoms with E-state index in [1.165, 1.54) is 0 Å². The predicted molar refractivity (Wildman–Crippen MR) is 52.8 cm³/mol. The summed E-state index contributed by atoms with van der Waals surface area (Å²) in [6, 6.07) is 0. The molecule has 62 valence electrons. The van der Waals surface area contributed by atoms with Gasteiger partial charge in [-0.3, -0.25) is 0 Å². The largest absolute Gasteiger partial charge is 0.392 e. The van der Waals surface area contributed by atoms with Crippen LogP contribution >= 0.6 is 27.5 Å². The summed E-state index contributed by atoms with van der Waals surface area (Å²) in [5, 5.41) is 9.39. The number of aliphatic hydroxyl groups is 1. The monoisotopic (exact) mass is 236 g/mol. The van der Waals surface area contributed by atoms with Crippen molar-refractivity contribution in [3.8, 4) is 0 Å². The van der Waals surface area contributed by atoms with Gasteiger partial charge < -0.3 is 5.11 Å². The molecule has 0 aliphatic heterocycles. The van der Waals surface area contributed by atoms with Gasteiger partial charge in [0.15, 0.2) is 0 Å². The zero-order valence-corrected chi connectivity index (χ0v) is 8.61. The fraction of sp³-hybridized carbons (Fsp3) is 0.250. The lowest BCUT2D eigenvalue weighted by Gasteiger charge is -1.97. The van der Waals surface area contributed by atoms with Crippen LogP contribution in [-0.4, -0.2) is 11.7 Å². The molecule has 0 aromatic heterocycles. The Bertz CT molecular complexity index is 202. The first-order valence-corrected chi connectivity index (χ1v) is 4.24. The van der Waals surface area contributed by atoms with E-state index in [-0.39, 0.29) is 6.61 Å². The first-order chi connectivity index (χ1) is 5.11. The highest BCUT2D eigenvalue weighted by Crippen LogP contribution is 2.15. The van der Waals surface area contributed by atoms with Crippen LogP contribution in [0.25, 0.3) is 0 Å². The molecular weight excluding hydrogens is 227 g/mol. The molecule has 0 aromatic carbocycles. The highest BCUT2D eigenvalue weighted by atomic mass is 79.9. The molecule has 0 saturated heterocycles. The highest BCUT2D eigenvalue weighted by Gasteiger charge is 1.95. The molecule has 0 bridgehead atoms. The second kappa shape index (κ2) is 5.58. The predicted octanol–water partition coefficient (Wildman–Crippen LogP) is 2.96. The SMILES string of the molecule is C=C/C(Br)=C\C(CO)=C(/C)Cl. The molecule has 0 amide bonds. The van der Waals surface area contributed by atoms with Gasteiger partial charge in [0.25, 0.3) is 0 Å². The van der Waals surface area contributed by atoms with Crippen molar-refractivity contribution in [2.45, 2.75) is 6.92 Å². The van der Waals surface area contributed by atoms with Gasteiger partial charge in [0.2, 0.25) is 0 Å². The van der Waals surface area contributed by atoms with Crippen molar-refractivity contribution in [3.05, 3.63) is 33.8 Å². The van der Waals surface area contributed by atoms with Crippen LogP contribution in [0.3, 0.4) is 0 Å². The Balaban J connectivity index is 4.57. The number of rotatable bonds is 3. The van der Waals surface area contributed by atoms with Crippen molar-refractivity contribution in [2.24, 2.45) is 0 Å². The molecule has 0 aliphatic rings. The van der Waals surface area contributed by atoms with Gasteiger partial charge in [0.1, 0.15) is 0 Å². The number of hydrogen-bond donors (Lipinski definition) is 1. The van der Waals surface area contributed by atoms with E-state index in [9.17, 15) is 0 Å². The molecule has 1 N–H and O–H groups in total. The molecule has 0 radical (unpaired) electrons. The molecule has 0 heterocycles. The molecule has 0 aliphatic carbocycles. The van der Waals surface area contributed by atoms with Gasteiger partial charge in [-0.25, -0.2) is 0 Å². The van der Waals surface area contributed by atoms with E-state index in [1.807, 2.05) is 0 Å². The molecule has 0 fully saturated rings. The van der Waals surface area contributed by atoms with Crippen LogP contribution in [0.5, 0.6) is 0 Å². The minimum absolute atomic E-state index is 0.0573. The van der Waals surface area contributed by atoms with E-state index in [4.69, 9.17) is 16.7 Å². The van der Waals surface area contributed by atoms with Gasteiger partial charge in [0, 0.05) is 9.51 Å². The fourth-order valence-electron chi connectivity index (χ4n) is 0.479. The van der Waals surface area contributed by atoms with Crippen LogP contribution in [0.1, 0.15) is 6.92 Å². The zero-order chi connectivity index (χ0) is 8.85. The van der Waals surface area contributed by atoms with Crippen LogP contribution in [-0.2, 0) is 0 Å². The van der Waals surface area contributed by atoms with Crippen LogP contribution < -0.4 is 0 Å². The summed E-state index contributed by atoms with van der Waals surface area (Å²) < 4.78 is 0.807. The Morgan fingerprint density at radius 1 is 1.73 bits per heavy atom. The second-order valence-corrected chi connectivity index (χ2v) is 3.43. The molecular formula is C8H10BrClO. The first-order valence-electron chi connectivity index (χ1n) is 3.07. The Morgan fingerprint density at radius 2 is 2.27 bits per heavy atom. The number of allylic oxidation sites excluding steroid dienone is 3. The van der Waals surface area contributed by atoms with E-state index in [2.05, 4.69) is 22.5 Å². The maximum Gasteiger partial charge on any atom is 0.0693 e. The molecule has 0 unspecified atom stereocenters. The third-order valence-electron chi connectivity index (χ3n) is 1.12. The fourth-order valence-corrected chi connectivity index (χ4v) is 0.870. The summed E-state index contributed by atoms with van der Waals surface area (Å²) >= 11 is 8.89. The highest BCUT2D eigenvalue weighted by molar-refractivity contribution is 9.11. The van der Waals surface area contributed by atoms with Crippen LogP contribution in [0.4, 0.5) is 0 Å². The van der Waals surface area contributed by atoms with Crippen molar-refractivity contribution < 1.29 is 5.11 Å². The quantitative estimate of drug-likeness (QED) is 0.748. The first kappa shape index (κ1) is 11.0. The Labute approximate surface area is 80.2 Å². The van der Waals surface area contributed by atoms with Gasteiger partial charge in [-0.1, -0.05) is 40.2 Å². The maximum absolute atomic E-state index is 8.80. The number of halogens is 2. The third kappa shape index (κ3) is 4.40. The Kier molecular flexibility index (Phi) is 5.56. The lowest BCUT2D eigenvalue weighted by Crippen LogP contribution is -1.87. The van der Waals surface area contributed by atoms with Gasteiger partial charge in [-0.15, -0.1) is 0 Å². The van der Waals surface area contributed by atoms with Crippen molar-refractivity contribution in [2.75, 3.05) is 6.61 Å². The molecule has 11 heavy (non-hydrogen) atoms. The second-order valence-electron chi connectivity index (χ2n) is 1.95. The third-order valence-corrected chi connectivity index (χ3v) is 1.92. The Morgan fingerprint density at radius 3 is 2.55 bits per heavy atom. The normalized spacial score (nSPS) is 14.4. The van der Waals surface area contributed by atoms with Crippen LogP contribution in [0.2, 0.25) is 0 Å². The van der Waals surface area contributed by atoms with Crippen molar-refractivity contribution in [3.63, 3.8) is 0 Å². The Hall–Kier alpha value is -0.0500. The van der Waals surface area contributed by atoms with E-state index in [0.717, 1.165) is 4.48 Å². The van der Waals surface area contributed by atoms with Crippen LogP contribution in [0.15, 0.2) is 33.8 Å². The van der Waals surface area contributed by atoms with Gasteiger partial charge in [0.05, 0.1) is 6.61 Å². The molecule has 0 spiro atoms. The average molecular weight is 238 g/mol. The standard InChI is InChI=1S/C8H10BrClO/c1-3-8(9)4-7(5-11)6(2)10/h3-4,11H,1,5H2,2H3/b7-6-,8-4+. The minimum Gasteiger partial charge on any atom is -0.392 e. The molecule has 1 nitrogen and oxygen atoms in total. The summed E-state index contributed by atoms with van der Waals surface area (Å²) in [6.45, 7) is 5.22. The molecule has 0 atom stereocenters. The van der Waals surface area contributed by atoms with Gasteiger partial charge in [-0.2, -0.15) is 0 Å². The molecule has 0 aromatic rings. The smallest absolute Gasteiger partial charge is 0.0693 e. The van der Waals surface area contributed by atoms with Crippen molar-refractivity contribution in [1.82, 2.24) is 0 Å². The van der Waals surface area contributed by atoms with E-state index >= 15 is 0 Å². The number of hydrogen-bond acceptors (Lipinski definition) is 1. The average Bonchev–Trinajstić information content (AvgIpc) is 1.99. The van der Waals surface area contributed by atoms with Crippen molar-refractivity contribution in [1.29, 1.82) is 0 Å². The summed E-state index contributed by atoms with van der Waals surface area (Å²) in [6.07, 6.45) is 3.37. The molecule has 0 rings (SSSR count). The van der Waals surface area contributed by atoms with E-state index < -0.39 is 0 Å². The summed E-state index contributed by atoms with van der Waals surface area (Å²) in [4.78, 5) is 0. The number of aliphatic hydroxyl groups excluding tert-OH is 1. The van der Waals surface area contributed by atoms with Gasteiger partial charge in [-0.05, 0) is 18.6 Å². The maximum atomic E-state index is 8.80. The summed E-state index contributed by atoms with van der Waals surface area (Å²) in [5.41, 5.74) is 0.693. The van der Waals surface area contributed by atoms with Crippen LogP contribution in [0, 0.1) is 0 Å². The summed E-state index contributed by atoms with van der Waals surface area (Å²) in [5.74, 6) is 0. The lowest BCUT2D eigenvalue weighted by atomic mass is 10.2. The lowest BCUT2D eigenvalue weighted by molar-refractivity contribution is 0.334. The molecule has 3 heteroatoms. The van der Waals surface area contributed by atoms with E-state index in [1.54, 1.807) is 19.1 Å². The minimum atomic E-state index is -0.0573. The summed E-state index contributed by atoms with van der Waals surface area (Å²) in [7, 11) is 0. The molecule has 0 saturated carbocycles.